The van der Waals surface area contributed by atoms with Crippen molar-refractivity contribution in [1.82, 2.24) is 14.3 Å². The van der Waals surface area contributed by atoms with Crippen LogP contribution in [0.4, 0.5) is 5.69 Å². The van der Waals surface area contributed by atoms with Crippen LogP contribution in [0.3, 0.4) is 0 Å². The molecule has 152 valence electrons. The van der Waals surface area contributed by atoms with E-state index in [2.05, 4.69) is 10.4 Å². The summed E-state index contributed by atoms with van der Waals surface area (Å²) in [4.78, 5) is 26.3. The number of benzene rings is 2. The standard InChI is InChI=1S/C22H20N4O4/c1-25-12-14(11-23-25)24-21(27)18-13-26(22(28)17-7-5-4-6-16(17)18)19-9-8-15(29-2)10-20(19)30-3/h4-13H,1-3H3,(H,24,27). The second-order valence-corrected chi connectivity index (χ2v) is 6.66. The van der Waals surface area contributed by atoms with Gasteiger partial charge in [0.2, 0.25) is 0 Å². The number of ether oxygens (including phenoxy) is 2. The molecule has 8 nitrogen and oxygen atoms in total. The fourth-order valence-electron chi connectivity index (χ4n) is 3.32. The lowest BCUT2D eigenvalue weighted by Crippen LogP contribution is -2.23. The van der Waals surface area contributed by atoms with Gasteiger partial charge in [-0.2, -0.15) is 5.10 Å². The van der Waals surface area contributed by atoms with Crippen molar-refractivity contribution in [3.05, 3.63) is 77.0 Å². The van der Waals surface area contributed by atoms with Crippen LogP contribution in [0, 0.1) is 0 Å². The highest BCUT2D eigenvalue weighted by Crippen LogP contribution is 2.28. The van der Waals surface area contributed by atoms with E-state index in [1.54, 1.807) is 73.7 Å². The SMILES string of the molecule is COc1ccc(-n2cc(C(=O)Nc3cnn(C)c3)c3ccccc3c2=O)c(OC)c1. The Morgan fingerprint density at radius 3 is 2.47 bits per heavy atom. The number of aryl methyl sites for hydroxylation is 1. The third kappa shape index (κ3) is 3.39. The van der Waals surface area contributed by atoms with Crippen molar-refractivity contribution in [3.63, 3.8) is 0 Å². The average Bonchev–Trinajstić information content (AvgIpc) is 3.18. The number of nitrogens with one attached hydrogen (secondary N) is 1. The van der Waals surface area contributed by atoms with Crippen molar-refractivity contribution in [2.75, 3.05) is 19.5 Å². The summed E-state index contributed by atoms with van der Waals surface area (Å²) < 4.78 is 13.7. The van der Waals surface area contributed by atoms with Crippen molar-refractivity contribution in [1.29, 1.82) is 0 Å². The first-order chi connectivity index (χ1) is 14.5. The Hall–Kier alpha value is -4.07. The van der Waals surface area contributed by atoms with E-state index in [0.717, 1.165) is 0 Å². The minimum absolute atomic E-state index is 0.257. The van der Waals surface area contributed by atoms with E-state index < -0.39 is 0 Å². The number of carbonyl (C=O) groups is 1. The summed E-state index contributed by atoms with van der Waals surface area (Å²) in [5, 5.41) is 7.88. The summed E-state index contributed by atoms with van der Waals surface area (Å²) in [5.41, 5.74) is 1.16. The van der Waals surface area contributed by atoms with Gasteiger partial charge in [-0.1, -0.05) is 18.2 Å². The van der Waals surface area contributed by atoms with E-state index in [-0.39, 0.29) is 11.5 Å². The molecule has 30 heavy (non-hydrogen) atoms. The fraction of sp³-hybridized carbons (Fsp3) is 0.136. The molecule has 0 aliphatic heterocycles. The molecule has 8 heteroatoms. The Morgan fingerprint density at radius 1 is 1.03 bits per heavy atom. The highest BCUT2D eigenvalue weighted by Gasteiger charge is 2.18. The maximum atomic E-state index is 13.2. The lowest BCUT2D eigenvalue weighted by Gasteiger charge is -2.15. The van der Waals surface area contributed by atoms with Gasteiger partial charge in [-0.15, -0.1) is 0 Å². The Labute approximate surface area is 172 Å². The van der Waals surface area contributed by atoms with E-state index in [1.165, 1.54) is 17.9 Å². The van der Waals surface area contributed by atoms with Gasteiger partial charge in [0.15, 0.2) is 0 Å². The smallest absolute Gasteiger partial charge is 0.263 e. The van der Waals surface area contributed by atoms with Gasteiger partial charge in [0, 0.05) is 36.3 Å². The molecule has 4 rings (SSSR count). The second kappa shape index (κ2) is 7.75. The van der Waals surface area contributed by atoms with Gasteiger partial charge in [-0.25, -0.2) is 0 Å². The molecule has 0 fully saturated rings. The molecule has 4 aromatic rings. The van der Waals surface area contributed by atoms with Crippen LogP contribution in [0.2, 0.25) is 0 Å². The number of anilines is 1. The molecule has 2 aromatic heterocycles. The molecule has 0 atom stereocenters. The van der Waals surface area contributed by atoms with Crippen molar-refractivity contribution < 1.29 is 14.3 Å². The Balaban J connectivity index is 1.91. The van der Waals surface area contributed by atoms with E-state index >= 15 is 0 Å². The Bertz CT molecular complexity index is 1310. The van der Waals surface area contributed by atoms with E-state index in [0.29, 0.717) is 39.2 Å². The van der Waals surface area contributed by atoms with Crippen LogP contribution in [0.1, 0.15) is 10.4 Å². The molecule has 0 bridgehead atoms. The molecule has 1 amide bonds. The predicted octanol–water partition coefficient (Wildman–Crippen LogP) is 2.99. The summed E-state index contributed by atoms with van der Waals surface area (Å²) in [7, 11) is 4.83. The number of fused-ring (bicyclic) bond motifs is 1. The first-order valence-electron chi connectivity index (χ1n) is 9.18. The van der Waals surface area contributed by atoms with Gasteiger partial charge in [-0.05, 0) is 18.2 Å². The Kier molecular flexibility index (Phi) is 4.97. The summed E-state index contributed by atoms with van der Waals surface area (Å²) in [6.07, 6.45) is 4.78. The normalized spacial score (nSPS) is 10.8. The lowest BCUT2D eigenvalue weighted by molar-refractivity contribution is 0.102. The number of pyridine rings is 1. The molecule has 0 saturated carbocycles. The van der Waals surface area contributed by atoms with Crippen LogP contribution >= 0.6 is 0 Å². The number of amides is 1. The second-order valence-electron chi connectivity index (χ2n) is 6.66. The number of carbonyl (C=O) groups excluding carboxylic acids is 1. The lowest BCUT2D eigenvalue weighted by atomic mass is 10.1. The summed E-state index contributed by atoms with van der Waals surface area (Å²) in [6, 6.07) is 12.1. The molecule has 1 N–H and O–H groups in total. The number of nitrogens with zero attached hydrogens (tertiary/aromatic N) is 3. The zero-order chi connectivity index (χ0) is 21.3. The molecule has 0 aliphatic rings. The van der Waals surface area contributed by atoms with Crippen molar-refractivity contribution in [2.45, 2.75) is 0 Å². The van der Waals surface area contributed by atoms with Gasteiger partial charge in [0.25, 0.3) is 11.5 Å². The number of aromatic nitrogens is 3. The molecule has 0 unspecified atom stereocenters. The first-order valence-corrected chi connectivity index (χ1v) is 9.18. The number of rotatable bonds is 5. The molecular weight excluding hydrogens is 384 g/mol. The summed E-state index contributed by atoms with van der Waals surface area (Å²) >= 11 is 0. The molecule has 0 spiro atoms. The van der Waals surface area contributed by atoms with Gasteiger partial charge >= 0.3 is 0 Å². The zero-order valence-corrected chi connectivity index (χ0v) is 16.7. The van der Waals surface area contributed by atoms with Crippen LogP contribution in [0.5, 0.6) is 11.5 Å². The number of methoxy groups -OCH3 is 2. The van der Waals surface area contributed by atoms with Crippen molar-refractivity contribution in [3.8, 4) is 17.2 Å². The van der Waals surface area contributed by atoms with E-state index in [4.69, 9.17) is 9.47 Å². The van der Waals surface area contributed by atoms with Gasteiger partial charge in [-0.3, -0.25) is 18.8 Å². The number of hydrogen-bond acceptors (Lipinski definition) is 5. The third-order valence-corrected chi connectivity index (χ3v) is 4.78. The highest BCUT2D eigenvalue weighted by molar-refractivity contribution is 6.12. The highest BCUT2D eigenvalue weighted by atomic mass is 16.5. The molecule has 2 aromatic carbocycles. The largest absolute Gasteiger partial charge is 0.497 e. The average molecular weight is 404 g/mol. The minimum Gasteiger partial charge on any atom is -0.497 e. The number of hydrogen-bond donors (Lipinski definition) is 1. The van der Waals surface area contributed by atoms with Crippen molar-refractivity contribution in [2.24, 2.45) is 7.05 Å². The summed E-state index contributed by atoms with van der Waals surface area (Å²) in [6.45, 7) is 0. The van der Waals surface area contributed by atoms with Crippen LogP contribution < -0.4 is 20.3 Å². The molecule has 0 saturated heterocycles. The topological polar surface area (TPSA) is 87.4 Å². The monoisotopic (exact) mass is 404 g/mol. The van der Waals surface area contributed by atoms with E-state index in [9.17, 15) is 9.59 Å². The van der Waals surface area contributed by atoms with Gasteiger partial charge in [0.05, 0.1) is 37.4 Å². The molecule has 0 aliphatic carbocycles. The molecule has 2 heterocycles. The quantitative estimate of drug-likeness (QED) is 0.553. The minimum atomic E-state index is -0.347. The fourth-order valence-corrected chi connectivity index (χ4v) is 3.32. The van der Waals surface area contributed by atoms with Crippen LogP contribution in [0.25, 0.3) is 16.5 Å². The van der Waals surface area contributed by atoms with Gasteiger partial charge < -0.3 is 14.8 Å². The maximum Gasteiger partial charge on any atom is 0.263 e. The molecule has 0 radical (unpaired) electrons. The van der Waals surface area contributed by atoms with Crippen molar-refractivity contribution >= 4 is 22.4 Å². The van der Waals surface area contributed by atoms with E-state index in [1.807, 2.05) is 0 Å². The zero-order valence-electron chi connectivity index (χ0n) is 16.7. The molecular formula is C22H20N4O4. The maximum absolute atomic E-state index is 13.2. The summed E-state index contributed by atoms with van der Waals surface area (Å²) in [5.74, 6) is 0.699. The third-order valence-electron chi connectivity index (χ3n) is 4.78. The van der Waals surface area contributed by atoms with Crippen LogP contribution in [-0.4, -0.2) is 34.5 Å². The van der Waals surface area contributed by atoms with Crippen LogP contribution in [0.15, 0.2) is 65.8 Å². The van der Waals surface area contributed by atoms with Gasteiger partial charge in [0.1, 0.15) is 11.5 Å². The van der Waals surface area contributed by atoms with Crippen LogP contribution in [-0.2, 0) is 7.05 Å². The Morgan fingerprint density at radius 2 is 1.80 bits per heavy atom. The predicted molar refractivity (Wildman–Crippen MR) is 114 cm³/mol. The first kappa shape index (κ1) is 19.3.